The molecule has 18 heteroatoms. The minimum atomic E-state index is -5.08. The fourth-order valence-electron chi connectivity index (χ4n) is 4.63. The van der Waals surface area contributed by atoms with Gasteiger partial charge in [0.05, 0.1) is 11.4 Å². The second-order valence-corrected chi connectivity index (χ2v) is 10.3. The van der Waals surface area contributed by atoms with Crippen LogP contribution in [0, 0.1) is 5.92 Å². The molecule has 1 aliphatic carbocycles. The van der Waals surface area contributed by atoms with Gasteiger partial charge in [-0.2, -0.15) is 39.5 Å². The highest BCUT2D eigenvalue weighted by Gasteiger charge is 2.49. The molecule has 3 heterocycles. The summed E-state index contributed by atoms with van der Waals surface area (Å²) in [6.45, 7) is 5.85. The zero-order chi connectivity index (χ0) is 34.2. The first-order valence-corrected chi connectivity index (χ1v) is 13.0. The van der Waals surface area contributed by atoms with Gasteiger partial charge in [-0.3, -0.25) is 4.98 Å². The second kappa shape index (κ2) is 14.8. The molecule has 0 radical (unpaired) electrons. The number of nitrogens with zero attached hydrogens (tertiary/aromatic N) is 3. The summed E-state index contributed by atoms with van der Waals surface area (Å²) in [5.74, 6) is -7.29. The Kier molecular flexibility index (Phi) is 12.2. The van der Waals surface area contributed by atoms with Crippen LogP contribution in [0.15, 0.2) is 48.7 Å². The summed E-state index contributed by atoms with van der Waals surface area (Å²) in [6.07, 6.45) is -9.12. The van der Waals surface area contributed by atoms with E-state index in [4.69, 9.17) is 34.7 Å². The predicted molar refractivity (Wildman–Crippen MR) is 138 cm³/mol. The number of benzene rings is 1. The first-order chi connectivity index (χ1) is 20.7. The highest BCUT2D eigenvalue weighted by Crippen LogP contribution is 2.46. The Morgan fingerprint density at radius 3 is 1.71 bits per heavy atom. The standard InChI is InChI=1S/C21H25N3.3C2HF3O2/c1-2-5-17(6-3-1)14-24-16-21(20-19(24)7-4-11-22-20)10-12-23(15-21)13-18-8-9-18;3*3-2(4,5)1(6)7/h1-7,11,18H,8-10,12-16H2;3*(H,6,7). The maximum absolute atomic E-state index is 10.6. The van der Waals surface area contributed by atoms with Gasteiger partial charge in [0.15, 0.2) is 0 Å². The lowest BCUT2D eigenvalue weighted by Crippen LogP contribution is -2.37. The highest BCUT2D eigenvalue weighted by molar-refractivity contribution is 5.73. The van der Waals surface area contributed by atoms with Gasteiger partial charge in [0, 0.05) is 37.8 Å². The van der Waals surface area contributed by atoms with E-state index < -0.39 is 36.4 Å². The summed E-state index contributed by atoms with van der Waals surface area (Å²) < 4.78 is 95.2. The molecule has 250 valence electrons. The van der Waals surface area contributed by atoms with E-state index >= 15 is 0 Å². The SMILES string of the molecule is O=C(O)C(F)(F)F.O=C(O)C(F)(F)F.O=C(O)C(F)(F)F.c1ccc(CN2CC3(CCN(CC4CC4)C3)c3ncccc32)cc1. The normalized spacial score (nSPS) is 19.3. The van der Waals surface area contributed by atoms with Crippen LogP contribution in [-0.4, -0.2) is 87.8 Å². The van der Waals surface area contributed by atoms with Crippen molar-refractivity contribution < 1.29 is 69.2 Å². The van der Waals surface area contributed by atoms with Crippen molar-refractivity contribution in [2.45, 2.75) is 49.8 Å². The van der Waals surface area contributed by atoms with Crippen LogP contribution < -0.4 is 4.90 Å². The summed E-state index contributed by atoms with van der Waals surface area (Å²) in [4.78, 5) is 36.8. The van der Waals surface area contributed by atoms with Crippen molar-refractivity contribution in [1.29, 1.82) is 0 Å². The minimum Gasteiger partial charge on any atom is -0.475 e. The van der Waals surface area contributed by atoms with E-state index in [-0.39, 0.29) is 5.41 Å². The monoisotopic (exact) mass is 661 g/mol. The largest absolute Gasteiger partial charge is 0.490 e. The average molecular weight is 662 g/mol. The van der Waals surface area contributed by atoms with Crippen molar-refractivity contribution in [3.8, 4) is 0 Å². The molecule has 2 aromatic rings. The number of fused-ring (bicyclic) bond motifs is 2. The number of pyridine rings is 1. The van der Waals surface area contributed by atoms with E-state index in [2.05, 4.69) is 52.3 Å². The van der Waals surface area contributed by atoms with E-state index in [1.165, 1.54) is 55.8 Å². The number of aliphatic carboxylic acids is 3. The Balaban J connectivity index is 0.000000277. The number of alkyl halides is 9. The number of halogens is 9. The first kappa shape index (κ1) is 37.1. The number of hydrogen-bond acceptors (Lipinski definition) is 6. The quantitative estimate of drug-likeness (QED) is 0.371. The van der Waals surface area contributed by atoms with Crippen LogP contribution in [0.3, 0.4) is 0 Å². The molecule has 1 saturated heterocycles. The molecule has 45 heavy (non-hydrogen) atoms. The molecular formula is C27H28F9N3O6. The summed E-state index contributed by atoms with van der Waals surface area (Å²) in [5.41, 5.74) is 4.34. The minimum absolute atomic E-state index is 0.250. The van der Waals surface area contributed by atoms with Gasteiger partial charge in [0.1, 0.15) is 0 Å². The Hall–Kier alpha value is -4.09. The van der Waals surface area contributed by atoms with Crippen LogP contribution in [0.5, 0.6) is 0 Å². The highest BCUT2D eigenvalue weighted by atomic mass is 19.4. The second-order valence-electron chi connectivity index (χ2n) is 10.3. The van der Waals surface area contributed by atoms with Crippen LogP contribution in [-0.2, 0) is 26.3 Å². The molecule has 2 aliphatic heterocycles. The number of rotatable bonds is 4. The lowest BCUT2D eigenvalue weighted by Gasteiger charge is -2.26. The average Bonchev–Trinajstić information content (AvgIpc) is 3.58. The van der Waals surface area contributed by atoms with Crippen LogP contribution in [0.4, 0.5) is 45.2 Å². The fraction of sp³-hybridized carbons (Fsp3) is 0.481. The van der Waals surface area contributed by atoms with Crippen molar-refractivity contribution in [1.82, 2.24) is 9.88 Å². The van der Waals surface area contributed by atoms with E-state index in [1.807, 2.05) is 6.20 Å². The van der Waals surface area contributed by atoms with Crippen molar-refractivity contribution in [3.05, 3.63) is 59.9 Å². The van der Waals surface area contributed by atoms with Gasteiger partial charge in [-0.05, 0) is 49.4 Å². The third-order valence-electron chi connectivity index (χ3n) is 6.71. The Morgan fingerprint density at radius 2 is 1.27 bits per heavy atom. The van der Waals surface area contributed by atoms with Crippen LogP contribution in [0.2, 0.25) is 0 Å². The molecule has 1 spiro atoms. The summed E-state index contributed by atoms with van der Waals surface area (Å²) in [6, 6.07) is 15.2. The maximum atomic E-state index is 10.6. The zero-order valence-corrected chi connectivity index (χ0v) is 23.2. The van der Waals surface area contributed by atoms with E-state index in [9.17, 15) is 39.5 Å². The van der Waals surface area contributed by atoms with Crippen molar-refractivity contribution in [3.63, 3.8) is 0 Å². The van der Waals surface area contributed by atoms with Gasteiger partial charge in [-0.25, -0.2) is 14.4 Å². The van der Waals surface area contributed by atoms with Gasteiger partial charge < -0.3 is 25.1 Å². The molecule has 0 bridgehead atoms. The van der Waals surface area contributed by atoms with Crippen LogP contribution >= 0.6 is 0 Å². The number of hydrogen-bond donors (Lipinski definition) is 3. The topological polar surface area (TPSA) is 131 Å². The Labute approximate surface area is 249 Å². The van der Waals surface area contributed by atoms with E-state index in [1.54, 1.807) is 0 Å². The van der Waals surface area contributed by atoms with Crippen molar-refractivity contribution in [2.75, 3.05) is 31.1 Å². The Morgan fingerprint density at radius 1 is 0.778 bits per heavy atom. The Bertz CT molecular complexity index is 1240. The molecule has 1 saturated carbocycles. The number of aromatic nitrogens is 1. The fourth-order valence-corrected chi connectivity index (χ4v) is 4.63. The van der Waals surface area contributed by atoms with Crippen LogP contribution in [0.25, 0.3) is 0 Å². The smallest absolute Gasteiger partial charge is 0.475 e. The summed E-state index contributed by atoms with van der Waals surface area (Å²) in [7, 11) is 0. The van der Waals surface area contributed by atoms with Gasteiger partial charge in [0.25, 0.3) is 0 Å². The number of carboxylic acids is 3. The number of anilines is 1. The van der Waals surface area contributed by atoms with Crippen LogP contribution in [0.1, 0.15) is 30.5 Å². The van der Waals surface area contributed by atoms with Gasteiger partial charge in [-0.1, -0.05) is 30.3 Å². The molecule has 1 unspecified atom stereocenters. The first-order valence-electron chi connectivity index (χ1n) is 13.0. The number of carboxylic acid groups (broad SMARTS) is 3. The number of carbonyl (C=O) groups is 3. The zero-order valence-electron chi connectivity index (χ0n) is 23.2. The van der Waals surface area contributed by atoms with Gasteiger partial charge in [-0.15, -0.1) is 0 Å². The molecular weight excluding hydrogens is 633 g/mol. The van der Waals surface area contributed by atoms with Gasteiger partial charge in [0.2, 0.25) is 0 Å². The molecule has 0 amide bonds. The predicted octanol–water partition coefficient (Wildman–Crippen LogP) is 5.36. The lowest BCUT2D eigenvalue weighted by molar-refractivity contribution is -0.193. The third kappa shape index (κ3) is 11.7. The lowest BCUT2D eigenvalue weighted by atomic mass is 9.85. The molecule has 1 aromatic heterocycles. The molecule has 1 atom stereocenters. The third-order valence-corrected chi connectivity index (χ3v) is 6.71. The molecule has 1 aromatic carbocycles. The maximum Gasteiger partial charge on any atom is 0.490 e. The van der Waals surface area contributed by atoms with E-state index in [0.29, 0.717) is 0 Å². The molecule has 9 nitrogen and oxygen atoms in total. The summed E-state index contributed by atoms with van der Waals surface area (Å²) in [5, 5.41) is 21.4. The molecule has 2 fully saturated rings. The van der Waals surface area contributed by atoms with Crippen molar-refractivity contribution in [2.24, 2.45) is 5.92 Å². The number of likely N-dealkylation sites (tertiary alicyclic amines) is 1. The molecule has 3 N–H and O–H groups in total. The van der Waals surface area contributed by atoms with E-state index in [0.717, 1.165) is 19.0 Å². The molecule has 3 aliphatic rings. The molecule has 5 rings (SSSR count). The summed E-state index contributed by atoms with van der Waals surface area (Å²) >= 11 is 0. The van der Waals surface area contributed by atoms with Gasteiger partial charge >= 0.3 is 36.4 Å². The van der Waals surface area contributed by atoms with Crippen molar-refractivity contribution >= 4 is 23.6 Å².